The molecule has 11 heteroatoms. The Morgan fingerprint density at radius 3 is 2.49 bits per heavy atom. The number of benzene rings is 3. The third-order valence-corrected chi connectivity index (χ3v) is 5.68. The molecule has 1 amide bonds. The van der Waals surface area contributed by atoms with Gasteiger partial charge in [0.1, 0.15) is 12.4 Å². The monoisotopic (exact) mass is 540 g/mol. The zero-order valence-corrected chi connectivity index (χ0v) is 21.6. The van der Waals surface area contributed by atoms with Gasteiger partial charge in [-0.25, -0.2) is 4.68 Å². The lowest BCUT2D eigenvalue weighted by Gasteiger charge is -2.14. The summed E-state index contributed by atoms with van der Waals surface area (Å²) in [6.07, 6.45) is -4.68. The highest BCUT2D eigenvalue weighted by Crippen LogP contribution is 2.37. The third-order valence-electron chi connectivity index (χ3n) is 5.68. The molecule has 1 N–H and O–H groups in total. The lowest BCUT2D eigenvalue weighted by Crippen LogP contribution is -2.15. The van der Waals surface area contributed by atoms with Crippen molar-refractivity contribution in [3.63, 3.8) is 0 Å². The molecule has 8 nitrogen and oxygen atoms in total. The molecular weight excluding hydrogens is 513 g/mol. The van der Waals surface area contributed by atoms with Gasteiger partial charge in [0, 0.05) is 23.4 Å². The molecule has 0 saturated heterocycles. The van der Waals surface area contributed by atoms with Crippen LogP contribution in [0.25, 0.3) is 17.1 Å². The van der Waals surface area contributed by atoms with Crippen LogP contribution in [0.1, 0.15) is 28.4 Å². The number of nitrogens with zero attached hydrogens (tertiary/aromatic N) is 3. The molecule has 0 spiro atoms. The number of hydrogen-bond donors (Lipinski definition) is 1. The normalized spacial score (nSPS) is 11.3. The number of hydrogen-bond acceptors (Lipinski definition) is 6. The molecule has 204 valence electrons. The van der Waals surface area contributed by atoms with Crippen molar-refractivity contribution in [2.24, 2.45) is 0 Å². The number of aryl methyl sites for hydroxylation is 1. The van der Waals surface area contributed by atoms with Crippen molar-refractivity contribution < 1.29 is 32.2 Å². The Bertz CT molecular complexity index is 1440. The first-order valence-electron chi connectivity index (χ1n) is 12.1. The van der Waals surface area contributed by atoms with E-state index in [1.54, 1.807) is 28.9 Å². The van der Waals surface area contributed by atoms with E-state index in [-0.39, 0.29) is 23.9 Å². The van der Waals surface area contributed by atoms with Crippen LogP contribution in [0, 0.1) is 6.92 Å². The minimum atomic E-state index is -4.68. The van der Waals surface area contributed by atoms with Crippen LogP contribution in [-0.2, 0) is 10.9 Å². The van der Waals surface area contributed by atoms with Crippen LogP contribution < -0.4 is 14.8 Å². The fourth-order valence-electron chi connectivity index (χ4n) is 3.75. The second-order valence-corrected chi connectivity index (χ2v) is 8.46. The number of rotatable bonds is 10. The number of anilines is 1. The highest BCUT2D eigenvalue weighted by molar-refractivity contribution is 6.04. The second kappa shape index (κ2) is 12.0. The molecule has 0 bridgehead atoms. The van der Waals surface area contributed by atoms with E-state index in [2.05, 4.69) is 15.4 Å². The second-order valence-electron chi connectivity index (χ2n) is 8.46. The molecule has 0 unspecified atom stereocenters. The number of alkyl halides is 3. The van der Waals surface area contributed by atoms with Crippen LogP contribution in [0.4, 0.5) is 18.9 Å². The first kappa shape index (κ1) is 27.6. The minimum Gasteiger partial charge on any atom is -0.496 e. The van der Waals surface area contributed by atoms with Gasteiger partial charge < -0.3 is 19.5 Å². The molecule has 0 aliphatic carbocycles. The minimum absolute atomic E-state index is 0.151. The molecule has 1 heterocycles. The predicted octanol–water partition coefficient (Wildman–Crippen LogP) is 5.94. The largest absolute Gasteiger partial charge is 0.496 e. The van der Waals surface area contributed by atoms with Gasteiger partial charge in [-0.2, -0.15) is 18.2 Å². The topological polar surface area (TPSA) is 87.5 Å². The van der Waals surface area contributed by atoms with Crippen molar-refractivity contribution in [1.82, 2.24) is 14.8 Å². The summed E-state index contributed by atoms with van der Waals surface area (Å²) in [6, 6.07) is 17.7. The summed E-state index contributed by atoms with van der Waals surface area (Å²) in [5.74, 6) is -0.567. The molecule has 0 aliphatic heterocycles. The number of aromatic nitrogens is 3. The number of carbonyl (C=O) groups excluding carboxylic acids is 1. The van der Waals surface area contributed by atoms with E-state index in [1.807, 2.05) is 38.1 Å². The average Bonchev–Trinajstić information content (AvgIpc) is 3.35. The maximum Gasteiger partial charge on any atom is 0.419 e. The molecule has 4 rings (SSSR count). The van der Waals surface area contributed by atoms with Crippen LogP contribution in [0.3, 0.4) is 0 Å². The van der Waals surface area contributed by atoms with E-state index >= 15 is 0 Å². The fraction of sp³-hybridized carbons (Fsp3) is 0.250. The first-order chi connectivity index (χ1) is 18.7. The molecule has 39 heavy (non-hydrogen) atoms. The van der Waals surface area contributed by atoms with Crippen LogP contribution in [0.2, 0.25) is 0 Å². The lowest BCUT2D eigenvalue weighted by molar-refractivity contribution is -0.138. The van der Waals surface area contributed by atoms with E-state index in [0.29, 0.717) is 30.4 Å². The third kappa shape index (κ3) is 6.74. The summed E-state index contributed by atoms with van der Waals surface area (Å²) in [6.45, 7) is 5.07. The molecule has 0 fully saturated rings. The molecule has 0 saturated carbocycles. The van der Waals surface area contributed by atoms with Crippen molar-refractivity contribution in [2.45, 2.75) is 20.0 Å². The van der Waals surface area contributed by atoms with Gasteiger partial charge in [0.2, 0.25) is 0 Å². The molecule has 0 atom stereocenters. The maximum atomic E-state index is 13.4. The van der Waals surface area contributed by atoms with Crippen molar-refractivity contribution in [1.29, 1.82) is 0 Å². The van der Waals surface area contributed by atoms with Crippen molar-refractivity contribution in [2.75, 3.05) is 32.2 Å². The van der Waals surface area contributed by atoms with Crippen molar-refractivity contribution >= 4 is 11.6 Å². The molecule has 0 radical (unpaired) electrons. The number of nitrogens with one attached hydrogen (secondary N) is 1. The molecule has 1 aromatic heterocycles. The summed E-state index contributed by atoms with van der Waals surface area (Å²) in [4.78, 5) is 17.4. The Hall–Kier alpha value is -4.38. The van der Waals surface area contributed by atoms with E-state index < -0.39 is 17.6 Å². The van der Waals surface area contributed by atoms with Crippen LogP contribution in [0.15, 0.2) is 66.7 Å². The number of amides is 1. The van der Waals surface area contributed by atoms with Gasteiger partial charge in [-0.1, -0.05) is 35.9 Å². The van der Waals surface area contributed by atoms with Crippen molar-refractivity contribution in [3.8, 4) is 28.8 Å². The van der Waals surface area contributed by atoms with Gasteiger partial charge in [-0.15, -0.1) is 5.10 Å². The number of halogens is 3. The van der Waals surface area contributed by atoms with E-state index in [0.717, 1.165) is 30.4 Å². The number of methoxy groups -OCH3 is 1. The van der Waals surface area contributed by atoms with Crippen molar-refractivity contribution in [3.05, 3.63) is 83.4 Å². The summed E-state index contributed by atoms with van der Waals surface area (Å²) >= 11 is 0. The fourth-order valence-corrected chi connectivity index (χ4v) is 3.75. The summed E-state index contributed by atoms with van der Waals surface area (Å²) in [5, 5.41) is 7.14. The smallest absolute Gasteiger partial charge is 0.419 e. The zero-order chi connectivity index (χ0) is 28.0. The van der Waals surface area contributed by atoms with Gasteiger partial charge >= 0.3 is 12.2 Å². The summed E-state index contributed by atoms with van der Waals surface area (Å²) in [5.41, 5.74) is 1.58. The van der Waals surface area contributed by atoms with Gasteiger partial charge in [0.25, 0.3) is 5.91 Å². The van der Waals surface area contributed by atoms with E-state index in [9.17, 15) is 18.0 Å². The Labute approximate surface area is 223 Å². The Morgan fingerprint density at radius 2 is 1.79 bits per heavy atom. The average molecular weight is 541 g/mol. The standard InChI is InChI=1S/C28H27F3N4O4/c1-4-38-14-15-39-27-33-25(19-10-8-18(2)9-11-19)35(34-27)22-7-5-6-21(17-22)32-26(36)20-12-13-24(37-3)23(16-20)28(29,30)31/h5-13,16-17H,4,14-15H2,1-3H3,(H,32,36). The molecule has 4 aromatic rings. The Balaban J connectivity index is 1.63. The highest BCUT2D eigenvalue weighted by atomic mass is 19.4. The molecule has 3 aromatic carbocycles. The molecular formula is C28H27F3N4O4. The number of carbonyl (C=O) groups is 1. The maximum absolute atomic E-state index is 13.4. The SMILES string of the molecule is CCOCCOc1nc(-c2ccc(C)cc2)n(-c2cccc(NC(=O)c3ccc(OC)c(C(F)(F)F)c3)c2)n1. The number of ether oxygens (including phenoxy) is 3. The van der Waals surface area contributed by atoms with Crippen LogP contribution in [0.5, 0.6) is 11.8 Å². The highest BCUT2D eigenvalue weighted by Gasteiger charge is 2.35. The van der Waals surface area contributed by atoms with Crippen LogP contribution >= 0.6 is 0 Å². The zero-order valence-electron chi connectivity index (χ0n) is 21.6. The quantitative estimate of drug-likeness (QED) is 0.251. The van der Waals surface area contributed by atoms with Crippen LogP contribution in [-0.4, -0.2) is 47.6 Å². The predicted molar refractivity (Wildman–Crippen MR) is 139 cm³/mol. The molecule has 0 aliphatic rings. The first-order valence-corrected chi connectivity index (χ1v) is 12.1. The van der Waals surface area contributed by atoms with Gasteiger partial charge in [-0.3, -0.25) is 4.79 Å². The lowest BCUT2D eigenvalue weighted by atomic mass is 10.1. The Kier molecular flexibility index (Phi) is 8.50. The van der Waals surface area contributed by atoms with Gasteiger partial charge in [-0.05, 0) is 50.2 Å². The van der Waals surface area contributed by atoms with E-state index in [1.165, 1.54) is 6.07 Å². The summed E-state index contributed by atoms with van der Waals surface area (Å²) in [7, 11) is 1.14. The Morgan fingerprint density at radius 1 is 1.03 bits per heavy atom. The van der Waals surface area contributed by atoms with Gasteiger partial charge in [0.15, 0.2) is 5.82 Å². The van der Waals surface area contributed by atoms with Gasteiger partial charge in [0.05, 0.1) is 25.0 Å². The van der Waals surface area contributed by atoms with E-state index in [4.69, 9.17) is 14.2 Å². The summed E-state index contributed by atoms with van der Waals surface area (Å²) < 4.78 is 57.6.